The molecule has 3 aromatic carbocycles. The van der Waals surface area contributed by atoms with Crippen molar-refractivity contribution in [2.45, 2.75) is 39.0 Å². The first kappa shape index (κ1) is 18.6. The van der Waals surface area contributed by atoms with Gasteiger partial charge in [-0.3, -0.25) is 0 Å². The smallest absolute Gasteiger partial charge is 0.111 e. The molecule has 0 aliphatic carbocycles. The highest BCUT2D eigenvalue weighted by atomic mass is 15.0. The van der Waals surface area contributed by atoms with Gasteiger partial charge in [-0.2, -0.15) is 0 Å². The molecule has 2 atom stereocenters. The number of benzene rings is 3. The van der Waals surface area contributed by atoms with E-state index in [9.17, 15) is 0 Å². The van der Waals surface area contributed by atoms with Gasteiger partial charge in [-0.15, -0.1) is 0 Å². The molecule has 4 heteroatoms. The molecule has 2 N–H and O–H groups in total. The molecule has 5 rings (SSSR count). The zero-order valence-electron chi connectivity index (χ0n) is 17.6. The van der Waals surface area contributed by atoms with Gasteiger partial charge in [-0.05, 0) is 50.1 Å². The molecule has 0 saturated carbocycles. The molecule has 5 aromatic rings. The maximum atomic E-state index is 4.96. The monoisotopic (exact) mass is 394 g/mol. The minimum absolute atomic E-state index is 0.179. The fourth-order valence-electron chi connectivity index (χ4n) is 4.48. The number of aromatic nitrogens is 4. The molecule has 0 radical (unpaired) electrons. The van der Waals surface area contributed by atoms with E-state index < -0.39 is 0 Å². The molecule has 0 amide bonds. The van der Waals surface area contributed by atoms with E-state index in [2.05, 4.69) is 73.2 Å². The minimum Gasteiger partial charge on any atom is -0.342 e. The van der Waals surface area contributed by atoms with Crippen LogP contribution >= 0.6 is 0 Å². The summed E-state index contributed by atoms with van der Waals surface area (Å²) in [5.74, 6) is 2.38. The first-order valence-electron chi connectivity index (χ1n) is 10.5. The number of imidazole rings is 2. The summed E-state index contributed by atoms with van der Waals surface area (Å²) < 4.78 is 0. The van der Waals surface area contributed by atoms with Crippen LogP contribution in [0.25, 0.3) is 22.1 Å². The highest BCUT2D eigenvalue weighted by Gasteiger charge is 2.27. The normalized spacial score (nSPS) is 13.7. The van der Waals surface area contributed by atoms with Gasteiger partial charge < -0.3 is 9.97 Å². The van der Waals surface area contributed by atoms with Crippen LogP contribution in [0.2, 0.25) is 0 Å². The van der Waals surface area contributed by atoms with Crippen LogP contribution in [0, 0.1) is 13.8 Å². The van der Waals surface area contributed by atoms with E-state index in [0.29, 0.717) is 0 Å². The Morgan fingerprint density at radius 2 is 1.27 bits per heavy atom. The van der Waals surface area contributed by atoms with Crippen molar-refractivity contribution < 1.29 is 0 Å². The molecule has 2 heterocycles. The Morgan fingerprint density at radius 1 is 0.733 bits per heavy atom. The maximum Gasteiger partial charge on any atom is 0.111 e. The summed E-state index contributed by atoms with van der Waals surface area (Å²) in [4.78, 5) is 17.0. The molecule has 2 unspecified atom stereocenters. The van der Waals surface area contributed by atoms with E-state index in [1.165, 1.54) is 16.7 Å². The Kier molecular flexibility index (Phi) is 4.62. The lowest BCUT2D eigenvalue weighted by Gasteiger charge is -2.21. The highest BCUT2D eigenvalue weighted by molar-refractivity contribution is 5.75. The number of H-pyrrole nitrogens is 2. The summed E-state index contributed by atoms with van der Waals surface area (Å²) in [6, 6.07) is 23.2. The second kappa shape index (κ2) is 7.45. The van der Waals surface area contributed by atoms with E-state index in [0.717, 1.165) is 40.1 Å². The quantitative estimate of drug-likeness (QED) is 0.374. The van der Waals surface area contributed by atoms with E-state index in [-0.39, 0.29) is 11.8 Å². The Hall–Kier alpha value is -3.40. The molecular weight excluding hydrogens is 368 g/mol. The third kappa shape index (κ3) is 3.50. The Balaban J connectivity index is 1.59. The van der Waals surface area contributed by atoms with Crippen molar-refractivity contribution in [3.63, 3.8) is 0 Å². The van der Waals surface area contributed by atoms with Crippen molar-refractivity contribution in [1.29, 1.82) is 0 Å². The number of aryl methyl sites for hydroxylation is 2. The van der Waals surface area contributed by atoms with Gasteiger partial charge in [0.1, 0.15) is 11.6 Å². The van der Waals surface area contributed by atoms with E-state index in [4.69, 9.17) is 9.97 Å². The number of hydrogen-bond acceptors (Lipinski definition) is 2. The summed E-state index contributed by atoms with van der Waals surface area (Å²) in [5.41, 5.74) is 8.10. The van der Waals surface area contributed by atoms with Gasteiger partial charge in [0.05, 0.1) is 22.1 Å². The molecular formula is C26H26N4. The average Bonchev–Trinajstić information content (AvgIpc) is 3.34. The largest absolute Gasteiger partial charge is 0.342 e. The summed E-state index contributed by atoms with van der Waals surface area (Å²) in [5, 5.41) is 0. The van der Waals surface area contributed by atoms with Crippen LogP contribution in [0.3, 0.4) is 0 Å². The second-order valence-corrected chi connectivity index (χ2v) is 8.37. The van der Waals surface area contributed by atoms with Gasteiger partial charge in [0, 0.05) is 11.8 Å². The summed E-state index contributed by atoms with van der Waals surface area (Å²) in [6.45, 7) is 6.57. The van der Waals surface area contributed by atoms with Crippen molar-refractivity contribution >= 4 is 22.1 Å². The third-order valence-corrected chi connectivity index (χ3v) is 5.94. The zero-order valence-corrected chi connectivity index (χ0v) is 17.6. The average molecular weight is 395 g/mol. The van der Waals surface area contributed by atoms with Crippen molar-refractivity contribution in [2.75, 3.05) is 0 Å². The first-order valence-corrected chi connectivity index (χ1v) is 10.5. The number of nitrogens with one attached hydrogen (secondary N) is 2. The van der Waals surface area contributed by atoms with E-state index in [1.54, 1.807) is 0 Å². The van der Waals surface area contributed by atoms with Crippen LogP contribution in [0.5, 0.6) is 0 Å². The molecule has 0 spiro atoms. The zero-order chi connectivity index (χ0) is 20.7. The van der Waals surface area contributed by atoms with Crippen molar-refractivity contribution in [1.82, 2.24) is 19.9 Å². The molecule has 2 aromatic heterocycles. The third-order valence-electron chi connectivity index (χ3n) is 5.94. The number of para-hydroxylation sites is 4. The topological polar surface area (TPSA) is 57.4 Å². The fourth-order valence-corrected chi connectivity index (χ4v) is 4.48. The molecule has 0 aliphatic heterocycles. The maximum absolute atomic E-state index is 4.96. The number of hydrogen-bond donors (Lipinski definition) is 2. The molecule has 0 aliphatic rings. The summed E-state index contributed by atoms with van der Waals surface area (Å²) >= 11 is 0. The van der Waals surface area contributed by atoms with E-state index in [1.807, 2.05) is 24.3 Å². The second-order valence-electron chi connectivity index (χ2n) is 8.37. The van der Waals surface area contributed by atoms with E-state index >= 15 is 0 Å². The fraction of sp³-hybridized carbons (Fsp3) is 0.231. The van der Waals surface area contributed by atoms with Crippen LogP contribution in [0.4, 0.5) is 0 Å². The Bertz CT molecular complexity index is 1240. The lowest BCUT2D eigenvalue weighted by molar-refractivity contribution is 0.530. The molecule has 4 nitrogen and oxygen atoms in total. The van der Waals surface area contributed by atoms with Crippen LogP contribution in [0.15, 0.2) is 66.7 Å². The lowest BCUT2D eigenvalue weighted by Crippen LogP contribution is -2.14. The predicted octanol–water partition coefficient (Wildman–Crippen LogP) is 6.19. The summed E-state index contributed by atoms with van der Waals surface area (Å²) in [7, 11) is 0. The first-order chi connectivity index (χ1) is 14.6. The van der Waals surface area contributed by atoms with Crippen molar-refractivity contribution in [3.05, 3.63) is 95.1 Å². The van der Waals surface area contributed by atoms with Crippen molar-refractivity contribution in [2.24, 2.45) is 0 Å². The van der Waals surface area contributed by atoms with Gasteiger partial charge >= 0.3 is 0 Å². The lowest BCUT2D eigenvalue weighted by atomic mass is 9.86. The highest BCUT2D eigenvalue weighted by Crippen LogP contribution is 2.35. The van der Waals surface area contributed by atoms with Crippen LogP contribution < -0.4 is 0 Å². The van der Waals surface area contributed by atoms with Crippen LogP contribution in [0.1, 0.15) is 47.1 Å². The molecule has 30 heavy (non-hydrogen) atoms. The van der Waals surface area contributed by atoms with Gasteiger partial charge in [-0.1, -0.05) is 60.5 Å². The number of aromatic amines is 2. The van der Waals surface area contributed by atoms with Gasteiger partial charge in [0.25, 0.3) is 0 Å². The number of nitrogens with zero attached hydrogens (tertiary/aromatic N) is 2. The van der Waals surface area contributed by atoms with Gasteiger partial charge in [0.15, 0.2) is 0 Å². The Labute approximate surface area is 176 Å². The minimum atomic E-state index is 0.179. The van der Waals surface area contributed by atoms with Crippen LogP contribution in [-0.2, 0) is 6.42 Å². The molecule has 0 saturated heterocycles. The Morgan fingerprint density at radius 3 is 1.87 bits per heavy atom. The van der Waals surface area contributed by atoms with Crippen LogP contribution in [-0.4, -0.2) is 19.9 Å². The van der Waals surface area contributed by atoms with Crippen molar-refractivity contribution in [3.8, 4) is 0 Å². The predicted molar refractivity (Wildman–Crippen MR) is 123 cm³/mol. The molecule has 0 fully saturated rings. The van der Waals surface area contributed by atoms with Gasteiger partial charge in [-0.25, -0.2) is 9.97 Å². The summed E-state index contributed by atoms with van der Waals surface area (Å²) in [6.07, 6.45) is 0.903. The number of fused-ring (bicyclic) bond motifs is 2. The molecule has 150 valence electrons. The SMILES string of the molecule is Cc1cc(C)cc(CC(c2nc3ccccc3[nH]2)C(C)c2nc3ccccc3[nH]2)c1. The number of rotatable bonds is 5. The molecule has 0 bridgehead atoms. The standard InChI is InChI=1S/C26H26N4/c1-16-12-17(2)14-19(13-16)15-20(26-29-23-10-6-7-11-24(23)30-26)18(3)25-27-21-8-4-5-9-22(21)28-25/h4-14,18,20H,15H2,1-3H3,(H,27,28)(H,29,30). The van der Waals surface area contributed by atoms with Gasteiger partial charge in [0.2, 0.25) is 0 Å².